The lowest BCUT2D eigenvalue weighted by Gasteiger charge is -2.26. The van der Waals surface area contributed by atoms with Crippen LogP contribution in [0.1, 0.15) is 24.8 Å². The zero-order chi connectivity index (χ0) is 11.0. The van der Waals surface area contributed by atoms with Gasteiger partial charge in [0.15, 0.2) is 0 Å². The Labute approximate surface area is 106 Å². The first-order valence-electron chi connectivity index (χ1n) is 6.26. The monoisotopic (exact) mass is 279 g/mol. The highest BCUT2D eigenvalue weighted by molar-refractivity contribution is 9.09. The SMILES string of the molecule is BrC1CCC2CCN(Cc3ccccc3)C12. The quantitative estimate of drug-likeness (QED) is 0.750. The molecule has 1 heterocycles. The van der Waals surface area contributed by atoms with Gasteiger partial charge < -0.3 is 0 Å². The summed E-state index contributed by atoms with van der Waals surface area (Å²) in [7, 11) is 0. The molecule has 0 aromatic heterocycles. The Bertz CT molecular complexity index is 351. The van der Waals surface area contributed by atoms with Crippen LogP contribution < -0.4 is 0 Å². The van der Waals surface area contributed by atoms with Gasteiger partial charge in [0.1, 0.15) is 0 Å². The average Bonchev–Trinajstić information content (AvgIpc) is 2.86. The smallest absolute Gasteiger partial charge is 0.0304 e. The Morgan fingerprint density at radius 3 is 2.75 bits per heavy atom. The molecule has 86 valence electrons. The first-order valence-corrected chi connectivity index (χ1v) is 7.18. The van der Waals surface area contributed by atoms with E-state index < -0.39 is 0 Å². The van der Waals surface area contributed by atoms with Crippen LogP contribution in [0.3, 0.4) is 0 Å². The molecule has 0 radical (unpaired) electrons. The van der Waals surface area contributed by atoms with Gasteiger partial charge in [-0.2, -0.15) is 0 Å². The number of alkyl halides is 1. The van der Waals surface area contributed by atoms with Crippen molar-refractivity contribution < 1.29 is 0 Å². The fourth-order valence-corrected chi connectivity index (χ4v) is 4.37. The zero-order valence-corrected chi connectivity index (χ0v) is 11.1. The number of likely N-dealkylation sites (tertiary alicyclic amines) is 1. The van der Waals surface area contributed by atoms with E-state index in [1.54, 1.807) is 0 Å². The highest BCUT2D eigenvalue weighted by atomic mass is 79.9. The first-order chi connectivity index (χ1) is 7.84. The van der Waals surface area contributed by atoms with Gasteiger partial charge in [-0.1, -0.05) is 46.3 Å². The van der Waals surface area contributed by atoms with Gasteiger partial charge in [0.2, 0.25) is 0 Å². The maximum Gasteiger partial charge on any atom is 0.0304 e. The molecule has 3 rings (SSSR count). The minimum atomic E-state index is 0.726. The number of hydrogen-bond acceptors (Lipinski definition) is 1. The molecule has 2 aliphatic rings. The van der Waals surface area contributed by atoms with E-state index in [1.807, 2.05) is 0 Å². The molecule has 3 atom stereocenters. The molecule has 1 aliphatic carbocycles. The number of nitrogens with zero attached hydrogens (tertiary/aromatic N) is 1. The van der Waals surface area contributed by atoms with Crippen molar-refractivity contribution in [3.05, 3.63) is 35.9 Å². The number of hydrogen-bond donors (Lipinski definition) is 0. The van der Waals surface area contributed by atoms with Crippen molar-refractivity contribution in [2.45, 2.75) is 36.7 Å². The van der Waals surface area contributed by atoms with Gasteiger partial charge in [0.05, 0.1) is 0 Å². The molecule has 0 spiro atoms. The van der Waals surface area contributed by atoms with Crippen molar-refractivity contribution >= 4 is 15.9 Å². The fraction of sp³-hybridized carbons (Fsp3) is 0.571. The molecule has 1 nitrogen and oxygen atoms in total. The van der Waals surface area contributed by atoms with Gasteiger partial charge in [0, 0.05) is 17.4 Å². The summed E-state index contributed by atoms with van der Waals surface area (Å²) in [6.07, 6.45) is 4.19. The maximum atomic E-state index is 3.86. The van der Waals surface area contributed by atoms with Gasteiger partial charge in [-0.3, -0.25) is 4.90 Å². The largest absolute Gasteiger partial charge is 0.295 e. The Kier molecular flexibility index (Phi) is 3.03. The minimum Gasteiger partial charge on any atom is -0.295 e. The lowest BCUT2D eigenvalue weighted by Crippen LogP contribution is -2.35. The minimum absolute atomic E-state index is 0.726. The van der Waals surface area contributed by atoms with E-state index in [-0.39, 0.29) is 0 Å². The number of rotatable bonds is 2. The second kappa shape index (κ2) is 4.50. The van der Waals surface area contributed by atoms with Gasteiger partial charge in [0.25, 0.3) is 0 Å². The van der Waals surface area contributed by atoms with E-state index in [0.717, 1.165) is 23.3 Å². The maximum absolute atomic E-state index is 3.86. The molecule has 2 heteroatoms. The molecule has 3 unspecified atom stereocenters. The third-order valence-electron chi connectivity index (χ3n) is 4.10. The Balaban J connectivity index is 1.72. The molecule has 1 aromatic rings. The molecule has 0 bridgehead atoms. The second-order valence-electron chi connectivity index (χ2n) is 5.09. The molecule has 1 saturated heterocycles. The second-order valence-corrected chi connectivity index (χ2v) is 6.26. The summed E-state index contributed by atoms with van der Waals surface area (Å²) in [6, 6.07) is 11.7. The van der Waals surface area contributed by atoms with Crippen molar-refractivity contribution in [2.24, 2.45) is 5.92 Å². The molecular formula is C14H18BrN. The summed E-state index contributed by atoms with van der Waals surface area (Å²) >= 11 is 3.86. The topological polar surface area (TPSA) is 3.24 Å². The molecule has 2 fully saturated rings. The number of benzene rings is 1. The van der Waals surface area contributed by atoms with Crippen LogP contribution in [-0.4, -0.2) is 22.3 Å². The third-order valence-corrected chi connectivity index (χ3v) is 5.10. The summed E-state index contributed by atoms with van der Waals surface area (Å²) in [5.41, 5.74) is 1.45. The average molecular weight is 280 g/mol. The zero-order valence-electron chi connectivity index (χ0n) is 9.48. The van der Waals surface area contributed by atoms with Crippen LogP contribution in [0.4, 0.5) is 0 Å². The van der Waals surface area contributed by atoms with E-state index in [0.29, 0.717) is 0 Å². The van der Waals surface area contributed by atoms with Gasteiger partial charge in [-0.25, -0.2) is 0 Å². The molecule has 16 heavy (non-hydrogen) atoms. The number of halogens is 1. The Hall–Kier alpha value is -0.340. The predicted molar refractivity (Wildman–Crippen MR) is 70.7 cm³/mol. The van der Waals surface area contributed by atoms with Crippen molar-refractivity contribution in [2.75, 3.05) is 6.54 Å². The normalized spacial score (nSPS) is 34.2. The van der Waals surface area contributed by atoms with Crippen molar-refractivity contribution in [1.29, 1.82) is 0 Å². The highest BCUT2D eigenvalue weighted by Gasteiger charge is 2.42. The lowest BCUT2D eigenvalue weighted by atomic mass is 10.0. The van der Waals surface area contributed by atoms with Crippen molar-refractivity contribution in [3.8, 4) is 0 Å². The van der Waals surface area contributed by atoms with Crippen molar-refractivity contribution in [3.63, 3.8) is 0 Å². The molecule has 0 amide bonds. The Morgan fingerprint density at radius 2 is 1.94 bits per heavy atom. The fourth-order valence-electron chi connectivity index (χ4n) is 3.34. The van der Waals surface area contributed by atoms with Crippen LogP contribution in [0.2, 0.25) is 0 Å². The number of fused-ring (bicyclic) bond motifs is 1. The van der Waals surface area contributed by atoms with Crippen LogP contribution in [0.5, 0.6) is 0 Å². The van der Waals surface area contributed by atoms with Crippen LogP contribution in [-0.2, 0) is 6.54 Å². The summed E-state index contributed by atoms with van der Waals surface area (Å²) < 4.78 is 0. The molecule has 1 aliphatic heterocycles. The van der Waals surface area contributed by atoms with E-state index in [4.69, 9.17) is 0 Å². The van der Waals surface area contributed by atoms with Crippen LogP contribution in [0.25, 0.3) is 0 Å². The van der Waals surface area contributed by atoms with Gasteiger partial charge in [-0.15, -0.1) is 0 Å². The molecule has 1 saturated carbocycles. The van der Waals surface area contributed by atoms with Crippen LogP contribution >= 0.6 is 15.9 Å². The first kappa shape index (κ1) is 10.8. The predicted octanol–water partition coefficient (Wildman–Crippen LogP) is 3.43. The van der Waals surface area contributed by atoms with E-state index in [2.05, 4.69) is 51.2 Å². The summed E-state index contributed by atoms with van der Waals surface area (Å²) in [5.74, 6) is 0.952. The summed E-state index contributed by atoms with van der Waals surface area (Å²) in [4.78, 5) is 3.40. The van der Waals surface area contributed by atoms with E-state index in [1.165, 1.54) is 31.4 Å². The molecule has 1 aromatic carbocycles. The summed E-state index contributed by atoms with van der Waals surface area (Å²) in [6.45, 7) is 2.41. The van der Waals surface area contributed by atoms with E-state index >= 15 is 0 Å². The van der Waals surface area contributed by atoms with Crippen LogP contribution in [0, 0.1) is 5.92 Å². The molecular weight excluding hydrogens is 262 g/mol. The van der Waals surface area contributed by atoms with Crippen molar-refractivity contribution in [1.82, 2.24) is 4.90 Å². The van der Waals surface area contributed by atoms with Gasteiger partial charge in [-0.05, 0) is 37.3 Å². The highest BCUT2D eigenvalue weighted by Crippen LogP contribution is 2.41. The van der Waals surface area contributed by atoms with E-state index in [9.17, 15) is 0 Å². The van der Waals surface area contributed by atoms with Crippen LogP contribution in [0.15, 0.2) is 30.3 Å². The Morgan fingerprint density at radius 1 is 1.12 bits per heavy atom. The molecule has 0 N–H and O–H groups in total. The summed E-state index contributed by atoms with van der Waals surface area (Å²) in [5, 5.41) is 0. The van der Waals surface area contributed by atoms with Gasteiger partial charge >= 0.3 is 0 Å². The lowest BCUT2D eigenvalue weighted by molar-refractivity contribution is 0.238. The third kappa shape index (κ3) is 1.93. The standard InChI is InChI=1S/C14H18BrN/c15-13-7-6-12-8-9-16(14(12)13)10-11-4-2-1-3-5-11/h1-5,12-14H,6-10H2.